The Hall–Kier alpha value is -2.07. The van der Waals surface area contributed by atoms with Crippen LogP contribution in [0.3, 0.4) is 0 Å². The third-order valence-corrected chi connectivity index (χ3v) is 5.39. The highest BCUT2D eigenvalue weighted by molar-refractivity contribution is 9.10. The molecular weight excluding hydrogens is 366 g/mol. The summed E-state index contributed by atoms with van der Waals surface area (Å²) in [7, 11) is 1.63. The fourth-order valence-electron chi connectivity index (χ4n) is 3.68. The van der Waals surface area contributed by atoms with Crippen LogP contribution < -0.4 is 4.74 Å². The van der Waals surface area contributed by atoms with E-state index in [-0.39, 0.29) is 5.78 Å². The van der Waals surface area contributed by atoms with Crippen LogP contribution in [-0.4, -0.2) is 17.5 Å². The number of carbonyl (C=O) groups excluding carboxylic acids is 1. The lowest BCUT2D eigenvalue weighted by Crippen LogP contribution is -2.05. The summed E-state index contributed by atoms with van der Waals surface area (Å²) in [6, 6.07) is 13.6. The second kappa shape index (κ2) is 5.78. The monoisotopic (exact) mass is 383 g/mol. The van der Waals surface area contributed by atoms with Crippen molar-refractivity contribution in [1.82, 2.24) is 4.57 Å². The van der Waals surface area contributed by atoms with E-state index in [9.17, 15) is 4.79 Å². The van der Waals surface area contributed by atoms with Gasteiger partial charge in [-0.1, -0.05) is 22.9 Å². The van der Waals surface area contributed by atoms with Gasteiger partial charge in [0.15, 0.2) is 5.78 Å². The number of benzene rings is 2. The molecule has 0 saturated carbocycles. The summed E-state index contributed by atoms with van der Waals surface area (Å²) in [5.74, 6) is 1.24. The number of methoxy groups -OCH3 is 1. The van der Waals surface area contributed by atoms with E-state index in [0.29, 0.717) is 11.5 Å². The summed E-state index contributed by atoms with van der Waals surface area (Å²) in [6.45, 7) is 3.18. The van der Waals surface area contributed by atoms with Gasteiger partial charge >= 0.3 is 0 Å². The highest BCUT2D eigenvalue weighted by Gasteiger charge is 2.30. The number of ether oxygens (including phenoxy) is 1. The second-order valence-electron chi connectivity index (χ2n) is 6.32. The van der Waals surface area contributed by atoms with Gasteiger partial charge < -0.3 is 9.30 Å². The van der Waals surface area contributed by atoms with Crippen LogP contribution >= 0.6 is 15.9 Å². The summed E-state index contributed by atoms with van der Waals surface area (Å²) >= 11 is 3.54. The van der Waals surface area contributed by atoms with Crippen molar-refractivity contribution >= 4 is 32.6 Å². The molecule has 4 heteroatoms. The van der Waals surface area contributed by atoms with Crippen molar-refractivity contribution in [3.63, 3.8) is 0 Å². The number of nitrogens with zero attached hydrogens (tertiary/aromatic N) is 1. The number of halogens is 1. The van der Waals surface area contributed by atoms with Gasteiger partial charge in [-0.3, -0.25) is 4.79 Å². The lowest BCUT2D eigenvalue weighted by atomic mass is 9.95. The zero-order valence-electron chi connectivity index (χ0n) is 13.7. The van der Waals surface area contributed by atoms with Crippen molar-refractivity contribution in [2.24, 2.45) is 0 Å². The fraction of sp³-hybridized carbons (Fsp3) is 0.250. The maximum atomic E-state index is 13.3. The van der Waals surface area contributed by atoms with Gasteiger partial charge in [0.1, 0.15) is 5.75 Å². The Bertz CT molecular complexity index is 940. The maximum absolute atomic E-state index is 13.3. The molecule has 1 aromatic heterocycles. The van der Waals surface area contributed by atoms with Crippen molar-refractivity contribution in [1.29, 1.82) is 0 Å². The quantitative estimate of drug-likeness (QED) is 0.585. The fourth-order valence-corrected chi connectivity index (χ4v) is 4.05. The third-order valence-electron chi connectivity index (χ3n) is 4.90. The van der Waals surface area contributed by atoms with Crippen molar-refractivity contribution in [3.05, 3.63) is 63.8 Å². The number of hydrogen-bond donors (Lipinski definition) is 0. The minimum Gasteiger partial charge on any atom is -0.497 e. The minimum absolute atomic E-state index is 0.0863. The normalized spacial score (nSPS) is 16.4. The maximum Gasteiger partial charge on any atom is 0.195 e. The summed E-state index contributed by atoms with van der Waals surface area (Å²) in [4.78, 5) is 13.3. The predicted octanol–water partition coefficient (Wildman–Crippen LogP) is 5.15. The molecule has 4 rings (SSSR count). The number of hydrogen-bond acceptors (Lipinski definition) is 2. The standard InChI is InChI=1S/C20H18BrNO2/c1-12-9-10-22-17-8-5-14(21)11-16(17)18(19(12)22)20(23)13-3-6-15(24-2)7-4-13/h3-8,11-12H,9-10H2,1-2H3. The van der Waals surface area contributed by atoms with Gasteiger partial charge in [0.05, 0.1) is 12.7 Å². The average Bonchev–Trinajstić information content (AvgIpc) is 3.12. The van der Waals surface area contributed by atoms with Crippen LogP contribution in [0, 0.1) is 0 Å². The Labute approximate surface area is 149 Å². The van der Waals surface area contributed by atoms with Crippen molar-refractivity contribution in [2.75, 3.05) is 7.11 Å². The molecule has 0 amide bonds. The van der Waals surface area contributed by atoms with E-state index in [4.69, 9.17) is 4.74 Å². The molecule has 1 aliphatic heterocycles. The minimum atomic E-state index is 0.0863. The van der Waals surface area contributed by atoms with Crippen LogP contribution in [0.5, 0.6) is 5.75 Å². The van der Waals surface area contributed by atoms with Crippen LogP contribution in [0.4, 0.5) is 0 Å². The SMILES string of the molecule is COc1ccc(C(=O)c2c3n(c4ccc(Br)cc24)CCC3C)cc1. The van der Waals surface area contributed by atoms with E-state index in [1.165, 1.54) is 5.69 Å². The zero-order chi connectivity index (χ0) is 16.8. The molecule has 2 aromatic carbocycles. The zero-order valence-corrected chi connectivity index (χ0v) is 15.3. The van der Waals surface area contributed by atoms with E-state index >= 15 is 0 Å². The van der Waals surface area contributed by atoms with Crippen molar-refractivity contribution < 1.29 is 9.53 Å². The summed E-state index contributed by atoms with van der Waals surface area (Å²) in [5.41, 5.74) is 3.87. The summed E-state index contributed by atoms with van der Waals surface area (Å²) in [6.07, 6.45) is 1.09. The highest BCUT2D eigenvalue weighted by atomic mass is 79.9. The molecule has 1 aliphatic rings. The van der Waals surface area contributed by atoms with Gasteiger partial charge in [0.25, 0.3) is 0 Å². The predicted molar refractivity (Wildman–Crippen MR) is 99.1 cm³/mol. The molecule has 0 fully saturated rings. The Morgan fingerprint density at radius 2 is 1.96 bits per heavy atom. The van der Waals surface area contributed by atoms with E-state index in [0.717, 1.165) is 39.7 Å². The Balaban J connectivity index is 1.93. The first-order valence-electron chi connectivity index (χ1n) is 8.10. The molecule has 0 spiro atoms. The van der Waals surface area contributed by atoms with Crippen LogP contribution in [0.15, 0.2) is 46.9 Å². The first-order chi connectivity index (χ1) is 11.6. The molecule has 0 saturated heterocycles. The summed E-state index contributed by atoms with van der Waals surface area (Å²) < 4.78 is 8.50. The van der Waals surface area contributed by atoms with Gasteiger partial charge in [-0.05, 0) is 54.8 Å². The first kappa shape index (κ1) is 15.5. The molecule has 24 heavy (non-hydrogen) atoms. The van der Waals surface area contributed by atoms with E-state index in [2.05, 4.69) is 39.6 Å². The van der Waals surface area contributed by atoms with E-state index in [1.54, 1.807) is 7.11 Å². The molecule has 3 aromatic rings. The highest BCUT2D eigenvalue weighted by Crippen LogP contribution is 2.40. The van der Waals surface area contributed by atoms with Gasteiger partial charge in [-0.2, -0.15) is 0 Å². The number of fused-ring (bicyclic) bond motifs is 3. The molecule has 1 unspecified atom stereocenters. The molecule has 0 radical (unpaired) electrons. The molecule has 0 bridgehead atoms. The second-order valence-corrected chi connectivity index (χ2v) is 7.24. The molecule has 0 N–H and O–H groups in total. The van der Waals surface area contributed by atoms with E-state index < -0.39 is 0 Å². The number of aromatic nitrogens is 1. The first-order valence-corrected chi connectivity index (χ1v) is 8.90. The van der Waals surface area contributed by atoms with Crippen LogP contribution in [0.1, 0.15) is 40.9 Å². The van der Waals surface area contributed by atoms with Crippen LogP contribution in [0.2, 0.25) is 0 Å². The molecule has 1 atom stereocenters. The lowest BCUT2D eigenvalue weighted by Gasteiger charge is -2.08. The summed E-state index contributed by atoms with van der Waals surface area (Å²) in [5, 5.41) is 1.03. The lowest BCUT2D eigenvalue weighted by molar-refractivity contribution is 0.103. The van der Waals surface area contributed by atoms with E-state index in [1.807, 2.05) is 30.3 Å². The van der Waals surface area contributed by atoms with Gasteiger partial charge in [0.2, 0.25) is 0 Å². The number of rotatable bonds is 3. The molecule has 122 valence electrons. The van der Waals surface area contributed by atoms with Crippen molar-refractivity contribution in [3.8, 4) is 5.75 Å². The Morgan fingerprint density at radius 1 is 1.21 bits per heavy atom. The van der Waals surface area contributed by atoms with Crippen molar-refractivity contribution in [2.45, 2.75) is 25.8 Å². The average molecular weight is 384 g/mol. The number of carbonyl (C=O) groups is 1. The topological polar surface area (TPSA) is 31.2 Å². The Morgan fingerprint density at radius 3 is 2.67 bits per heavy atom. The largest absolute Gasteiger partial charge is 0.497 e. The van der Waals surface area contributed by atoms with Gasteiger partial charge in [-0.15, -0.1) is 0 Å². The molecule has 2 heterocycles. The van der Waals surface area contributed by atoms with Crippen LogP contribution in [-0.2, 0) is 6.54 Å². The smallest absolute Gasteiger partial charge is 0.195 e. The van der Waals surface area contributed by atoms with Crippen LogP contribution in [0.25, 0.3) is 10.9 Å². The number of aryl methyl sites for hydroxylation is 1. The third kappa shape index (κ3) is 2.28. The van der Waals surface area contributed by atoms with Gasteiger partial charge in [0, 0.05) is 33.2 Å². The number of ketones is 1. The molecule has 3 nitrogen and oxygen atoms in total. The Kier molecular flexibility index (Phi) is 3.72. The molecular formula is C20H18BrNO2. The molecule has 0 aliphatic carbocycles. The van der Waals surface area contributed by atoms with Gasteiger partial charge in [-0.25, -0.2) is 0 Å².